The lowest BCUT2D eigenvalue weighted by molar-refractivity contribution is 0.104. The first kappa shape index (κ1) is 22.3. The van der Waals surface area contributed by atoms with Gasteiger partial charge in [-0.2, -0.15) is 0 Å². The van der Waals surface area contributed by atoms with Crippen LogP contribution in [0.15, 0.2) is 59.5 Å². The molecule has 0 aliphatic heterocycles. The molecule has 2 rings (SSSR count). The number of ketones is 1. The van der Waals surface area contributed by atoms with Gasteiger partial charge < -0.3 is 4.74 Å². The number of allylic oxidation sites excluding steroid dienone is 1. The van der Waals surface area contributed by atoms with Gasteiger partial charge in [-0.3, -0.25) is 4.79 Å². The lowest BCUT2D eigenvalue weighted by Gasteiger charge is -2.06. The summed E-state index contributed by atoms with van der Waals surface area (Å²) in [6.07, 6.45) is 10.8. The van der Waals surface area contributed by atoms with Crippen molar-refractivity contribution in [3.63, 3.8) is 0 Å². The zero-order valence-electron chi connectivity index (χ0n) is 17.2. The molecule has 0 aliphatic carbocycles. The van der Waals surface area contributed by atoms with Crippen LogP contribution in [0.25, 0.3) is 6.08 Å². The molecule has 2 nitrogen and oxygen atoms in total. The molecule has 0 spiro atoms. The molecule has 0 saturated carbocycles. The van der Waals surface area contributed by atoms with Gasteiger partial charge in [-0.25, -0.2) is 0 Å². The van der Waals surface area contributed by atoms with E-state index in [0.29, 0.717) is 0 Å². The van der Waals surface area contributed by atoms with Crippen molar-refractivity contribution < 1.29 is 9.53 Å². The maximum absolute atomic E-state index is 12.4. The number of hydrogen-bond acceptors (Lipinski definition) is 3. The van der Waals surface area contributed by atoms with Crippen molar-refractivity contribution in [2.75, 3.05) is 12.4 Å². The fraction of sp³-hybridized carbons (Fsp3) is 0.400. The first-order chi connectivity index (χ1) is 13.7. The predicted molar refractivity (Wildman–Crippen MR) is 122 cm³/mol. The van der Waals surface area contributed by atoms with Gasteiger partial charge in [0, 0.05) is 10.5 Å². The first-order valence-corrected chi connectivity index (χ1v) is 11.4. The van der Waals surface area contributed by atoms with E-state index in [-0.39, 0.29) is 5.78 Å². The summed E-state index contributed by atoms with van der Waals surface area (Å²) in [7, 11) is 0. The topological polar surface area (TPSA) is 26.3 Å². The second-order valence-electron chi connectivity index (χ2n) is 6.91. The Morgan fingerprint density at radius 3 is 2.50 bits per heavy atom. The Morgan fingerprint density at radius 2 is 1.75 bits per heavy atom. The molecule has 0 N–H and O–H groups in total. The van der Waals surface area contributed by atoms with Gasteiger partial charge in [0.25, 0.3) is 0 Å². The summed E-state index contributed by atoms with van der Waals surface area (Å²) in [6.45, 7) is 5.14. The third kappa shape index (κ3) is 8.35. The van der Waals surface area contributed by atoms with E-state index in [1.165, 1.54) is 30.6 Å². The highest BCUT2D eigenvalue weighted by Crippen LogP contribution is 2.20. The summed E-state index contributed by atoms with van der Waals surface area (Å²) in [5.74, 6) is 1.99. The summed E-state index contributed by atoms with van der Waals surface area (Å²) < 4.78 is 5.84. The molecule has 150 valence electrons. The van der Waals surface area contributed by atoms with Crippen molar-refractivity contribution in [2.45, 2.75) is 57.3 Å². The smallest absolute Gasteiger partial charge is 0.185 e. The van der Waals surface area contributed by atoms with Crippen molar-refractivity contribution >= 4 is 23.6 Å². The quantitative estimate of drug-likeness (QED) is 0.152. The van der Waals surface area contributed by atoms with Crippen molar-refractivity contribution in [3.05, 3.63) is 65.7 Å². The van der Waals surface area contributed by atoms with E-state index in [1.54, 1.807) is 6.08 Å². The first-order valence-electron chi connectivity index (χ1n) is 10.4. The van der Waals surface area contributed by atoms with Crippen LogP contribution in [-0.2, 0) is 0 Å². The Labute approximate surface area is 174 Å². The van der Waals surface area contributed by atoms with E-state index in [2.05, 4.69) is 13.8 Å². The lowest BCUT2D eigenvalue weighted by Crippen LogP contribution is -1.97. The Kier molecular flexibility index (Phi) is 10.5. The zero-order chi connectivity index (χ0) is 20.0. The summed E-state index contributed by atoms with van der Waals surface area (Å²) in [4.78, 5) is 13.6. The summed E-state index contributed by atoms with van der Waals surface area (Å²) in [5, 5.41) is 0. The van der Waals surface area contributed by atoms with Crippen LogP contribution in [0.4, 0.5) is 0 Å². The van der Waals surface area contributed by atoms with E-state index in [0.717, 1.165) is 42.1 Å². The fourth-order valence-electron chi connectivity index (χ4n) is 2.81. The molecule has 0 aliphatic rings. The molecule has 0 radical (unpaired) electrons. The Hall–Kier alpha value is -2.00. The van der Waals surface area contributed by atoms with Gasteiger partial charge in [0.2, 0.25) is 0 Å². The number of thioether (sulfide) groups is 1. The Bertz CT molecular complexity index is 734. The normalized spacial score (nSPS) is 11.1. The lowest BCUT2D eigenvalue weighted by atomic mass is 10.1. The van der Waals surface area contributed by atoms with Gasteiger partial charge in [-0.05, 0) is 66.6 Å². The second-order valence-corrected chi connectivity index (χ2v) is 8.07. The van der Waals surface area contributed by atoms with Gasteiger partial charge in [-0.1, -0.05) is 57.7 Å². The highest BCUT2D eigenvalue weighted by Gasteiger charge is 2.02. The standard InChI is InChI=1S/C25H32O2S/c1-3-5-6-7-8-18-27-23-11-9-10-21(20-23)12-17-25(26)22-13-15-24(16-14-22)28-19-4-2/h9-17,20H,3-8,18-19H2,1-2H3/b17-12+. The highest BCUT2D eigenvalue weighted by atomic mass is 32.2. The number of carbonyl (C=O) groups is 1. The van der Waals surface area contributed by atoms with Crippen molar-refractivity contribution in [2.24, 2.45) is 0 Å². The molecular formula is C25H32O2S. The van der Waals surface area contributed by atoms with Gasteiger partial charge in [0.1, 0.15) is 5.75 Å². The number of hydrogen-bond donors (Lipinski definition) is 0. The van der Waals surface area contributed by atoms with E-state index in [1.807, 2.05) is 66.4 Å². The SMILES string of the molecule is CCCCCCCOc1cccc(/C=C/C(=O)c2ccc(SCCC)cc2)c1. The van der Waals surface area contributed by atoms with E-state index in [9.17, 15) is 4.79 Å². The van der Waals surface area contributed by atoms with Crippen LogP contribution < -0.4 is 4.74 Å². The molecular weight excluding hydrogens is 364 g/mol. The average Bonchev–Trinajstić information content (AvgIpc) is 2.73. The Morgan fingerprint density at radius 1 is 0.964 bits per heavy atom. The van der Waals surface area contributed by atoms with Crippen LogP contribution in [0, 0.1) is 0 Å². The fourth-order valence-corrected chi connectivity index (χ4v) is 3.58. The van der Waals surface area contributed by atoms with Gasteiger partial charge in [0.15, 0.2) is 5.78 Å². The minimum absolute atomic E-state index is 0.0225. The number of carbonyl (C=O) groups excluding carboxylic acids is 1. The van der Waals surface area contributed by atoms with Gasteiger partial charge in [0.05, 0.1) is 6.61 Å². The van der Waals surface area contributed by atoms with Crippen LogP contribution in [0.1, 0.15) is 68.3 Å². The van der Waals surface area contributed by atoms with E-state index in [4.69, 9.17) is 4.74 Å². The van der Waals surface area contributed by atoms with Crippen LogP contribution in [0.5, 0.6) is 5.75 Å². The van der Waals surface area contributed by atoms with Crippen molar-refractivity contribution in [3.8, 4) is 5.75 Å². The molecule has 0 aromatic heterocycles. The molecule has 0 unspecified atom stereocenters. The van der Waals surface area contributed by atoms with Crippen molar-refractivity contribution in [1.29, 1.82) is 0 Å². The third-order valence-corrected chi connectivity index (χ3v) is 5.63. The van der Waals surface area contributed by atoms with Gasteiger partial charge in [-0.15, -0.1) is 11.8 Å². The molecule has 0 saturated heterocycles. The number of unbranched alkanes of at least 4 members (excludes halogenated alkanes) is 4. The largest absolute Gasteiger partial charge is 0.494 e. The molecule has 0 atom stereocenters. The van der Waals surface area contributed by atoms with Crippen LogP contribution in [-0.4, -0.2) is 18.1 Å². The second kappa shape index (κ2) is 13.2. The van der Waals surface area contributed by atoms with Crippen LogP contribution in [0.2, 0.25) is 0 Å². The highest BCUT2D eigenvalue weighted by molar-refractivity contribution is 7.99. The van der Waals surface area contributed by atoms with Crippen LogP contribution >= 0.6 is 11.8 Å². The summed E-state index contributed by atoms with van der Waals surface area (Å²) in [6, 6.07) is 15.8. The number of benzene rings is 2. The molecule has 0 bridgehead atoms. The summed E-state index contributed by atoms with van der Waals surface area (Å²) >= 11 is 1.82. The molecule has 0 fully saturated rings. The molecule has 28 heavy (non-hydrogen) atoms. The summed E-state index contributed by atoms with van der Waals surface area (Å²) in [5.41, 5.74) is 1.70. The monoisotopic (exact) mass is 396 g/mol. The van der Waals surface area contributed by atoms with Crippen molar-refractivity contribution in [1.82, 2.24) is 0 Å². The molecule has 2 aromatic rings. The third-order valence-electron chi connectivity index (χ3n) is 4.41. The molecule has 0 heterocycles. The number of rotatable bonds is 13. The maximum Gasteiger partial charge on any atom is 0.185 e. The molecule has 0 amide bonds. The van der Waals surface area contributed by atoms with E-state index < -0.39 is 0 Å². The number of ether oxygens (including phenoxy) is 1. The zero-order valence-corrected chi connectivity index (χ0v) is 18.0. The average molecular weight is 397 g/mol. The van der Waals surface area contributed by atoms with Crippen LogP contribution in [0.3, 0.4) is 0 Å². The maximum atomic E-state index is 12.4. The van der Waals surface area contributed by atoms with E-state index >= 15 is 0 Å². The predicted octanol–water partition coefficient (Wildman–Crippen LogP) is 7.43. The molecule has 3 heteroatoms. The Balaban J connectivity index is 1.84. The van der Waals surface area contributed by atoms with Gasteiger partial charge >= 0.3 is 0 Å². The molecule has 2 aromatic carbocycles. The minimum Gasteiger partial charge on any atom is -0.494 e. The minimum atomic E-state index is 0.0225.